The van der Waals surface area contributed by atoms with Gasteiger partial charge in [0.15, 0.2) is 0 Å². The van der Waals surface area contributed by atoms with Crippen LogP contribution in [0.3, 0.4) is 0 Å². The van der Waals surface area contributed by atoms with E-state index >= 15 is 0 Å². The molecule has 1 fully saturated rings. The van der Waals surface area contributed by atoms with Crippen molar-refractivity contribution in [2.24, 2.45) is 0 Å². The van der Waals surface area contributed by atoms with Gasteiger partial charge in [0, 0.05) is 29.7 Å². The van der Waals surface area contributed by atoms with E-state index in [1.807, 2.05) is 17.0 Å². The molecule has 1 amide bonds. The molecule has 4 nitrogen and oxygen atoms in total. The number of hydrogen-bond donors (Lipinski definition) is 1. The van der Waals surface area contributed by atoms with Crippen molar-refractivity contribution < 1.29 is 4.79 Å². The lowest BCUT2D eigenvalue weighted by Gasteiger charge is -2.20. The smallest absolute Gasteiger partial charge is 0.266 e. The first kappa shape index (κ1) is 14.4. The van der Waals surface area contributed by atoms with E-state index in [9.17, 15) is 4.79 Å². The fourth-order valence-electron chi connectivity index (χ4n) is 2.78. The zero-order valence-corrected chi connectivity index (χ0v) is 13.4. The third kappa shape index (κ3) is 2.76. The number of hydrogen-bond acceptors (Lipinski definition) is 4. The summed E-state index contributed by atoms with van der Waals surface area (Å²) in [4.78, 5) is 17.7. The number of nitrogens with two attached hydrogens (primary N) is 1. The SMILES string of the molecule is Cc1ccc2c(N)c(C(=O)N3CCCN(C)CC3)sc2c1. The summed E-state index contributed by atoms with van der Waals surface area (Å²) >= 11 is 1.52. The second-order valence-electron chi connectivity index (χ2n) is 5.79. The monoisotopic (exact) mass is 303 g/mol. The van der Waals surface area contributed by atoms with Crippen LogP contribution >= 0.6 is 11.3 Å². The standard InChI is InChI=1S/C16H21N3OS/c1-11-4-5-12-13(10-11)21-15(14(12)17)16(20)19-7-3-6-18(2)8-9-19/h4-5,10H,3,6-9,17H2,1-2H3. The minimum absolute atomic E-state index is 0.0849. The van der Waals surface area contributed by atoms with Crippen LogP contribution in [0.15, 0.2) is 18.2 Å². The van der Waals surface area contributed by atoms with Gasteiger partial charge in [0.2, 0.25) is 0 Å². The van der Waals surface area contributed by atoms with Gasteiger partial charge in [-0.3, -0.25) is 4.79 Å². The number of nitrogen functional groups attached to an aromatic ring is 1. The topological polar surface area (TPSA) is 49.6 Å². The number of carbonyl (C=O) groups excluding carboxylic acids is 1. The second-order valence-corrected chi connectivity index (χ2v) is 6.85. The lowest BCUT2D eigenvalue weighted by Crippen LogP contribution is -2.34. The average molecular weight is 303 g/mol. The summed E-state index contributed by atoms with van der Waals surface area (Å²) in [5, 5.41) is 1.00. The number of likely N-dealkylation sites (N-methyl/N-ethyl adjacent to an activating group) is 1. The van der Waals surface area contributed by atoms with E-state index in [4.69, 9.17) is 5.73 Å². The number of fused-ring (bicyclic) bond motifs is 1. The van der Waals surface area contributed by atoms with Gasteiger partial charge in [-0.1, -0.05) is 12.1 Å². The van der Waals surface area contributed by atoms with Crippen molar-refractivity contribution in [3.8, 4) is 0 Å². The van der Waals surface area contributed by atoms with Gasteiger partial charge in [-0.2, -0.15) is 0 Å². The number of carbonyl (C=O) groups is 1. The van der Waals surface area contributed by atoms with Crippen molar-refractivity contribution in [3.63, 3.8) is 0 Å². The molecular formula is C16H21N3OS. The minimum Gasteiger partial charge on any atom is -0.397 e. The Bertz CT molecular complexity index is 679. The molecule has 0 saturated carbocycles. The van der Waals surface area contributed by atoms with Crippen LogP contribution in [0.25, 0.3) is 10.1 Å². The van der Waals surface area contributed by atoms with Gasteiger partial charge in [0.05, 0.1) is 5.69 Å². The van der Waals surface area contributed by atoms with Gasteiger partial charge < -0.3 is 15.5 Å². The molecule has 0 atom stereocenters. The number of nitrogens with zero attached hydrogens (tertiary/aromatic N) is 2. The average Bonchev–Trinajstić information content (AvgIpc) is 2.63. The number of thiophene rings is 1. The molecule has 1 aliphatic heterocycles. The van der Waals surface area contributed by atoms with Gasteiger partial charge in [-0.25, -0.2) is 0 Å². The van der Waals surface area contributed by atoms with Crippen LogP contribution in [0.4, 0.5) is 5.69 Å². The predicted molar refractivity (Wildman–Crippen MR) is 89.0 cm³/mol. The Balaban J connectivity index is 1.92. The van der Waals surface area contributed by atoms with E-state index in [2.05, 4.69) is 24.9 Å². The zero-order chi connectivity index (χ0) is 15.0. The lowest BCUT2D eigenvalue weighted by atomic mass is 10.1. The van der Waals surface area contributed by atoms with Crippen LogP contribution in [0, 0.1) is 6.92 Å². The first-order valence-corrected chi connectivity index (χ1v) is 8.14. The molecule has 5 heteroatoms. The Kier molecular flexibility index (Phi) is 3.87. The lowest BCUT2D eigenvalue weighted by molar-refractivity contribution is 0.0768. The zero-order valence-electron chi connectivity index (χ0n) is 12.6. The van der Waals surface area contributed by atoms with Gasteiger partial charge in [0.1, 0.15) is 4.88 Å². The van der Waals surface area contributed by atoms with Gasteiger partial charge in [0.25, 0.3) is 5.91 Å². The third-order valence-electron chi connectivity index (χ3n) is 4.08. The van der Waals surface area contributed by atoms with Crippen LogP contribution in [-0.4, -0.2) is 48.9 Å². The summed E-state index contributed by atoms with van der Waals surface area (Å²) < 4.78 is 1.10. The molecule has 21 heavy (non-hydrogen) atoms. The molecule has 2 N–H and O–H groups in total. The Morgan fingerprint density at radius 3 is 2.86 bits per heavy atom. The number of benzene rings is 1. The molecule has 1 aromatic heterocycles. The fraction of sp³-hybridized carbons (Fsp3) is 0.438. The molecule has 2 heterocycles. The molecule has 0 bridgehead atoms. The second kappa shape index (κ2) is 5.66. The van der Waals surface area contributed by atoms with Gasteiger partial charge in [-0.15, -0.1) is 11.3 Å². The van der Waals surface area contributed by atoms with E-state index in [1.165, 1.54) is 16.9 Å². The summed E-state index contributed by atoms with van der Waals surface area (Å²) in [6, 6.07) is 6.16. The Hall–Kier alpha value is -1.59. The normalized spacial score (nSPS) is 17.1. The highest BCUT2D eigenvalue weighted by Crippen LogP contribution is 2.35. The molecule has 1 aliphatic rings. The Labute approximate surface area is 129 Å². The fourth-order valence-corrected chi connectivity index (χ4v) is 3.96. The van der Waals surface area contributed by atoms with E-state index < -0.39 is 0 Å². The van der Waals surface area contributed by atoms with Crippen molar-refractivity contribution in [3.05, 3.63) is 28.6 Å². The van der Waals surface area contributed by atoms with Crippen molar-refractivity contribution in [1.29, 1.82) is 0 Å². The van der Waals surface area contributed by atoms with E-state index in [0.717, 1.165) is 42.7 Å². The maximum Gasteiger partial charge on any atom is 0.266 e. The summed E-state index contributed by atoms with van der Waals surface area (Å²) in [5.41, 5.74) is 8.05. The number of rotatable bonds is 1. The molecule has 0 spiro atoms. The van der Waals surface area contributed by atoms with Gasteiger partial charge >= 0.3 is 0 Å². The summed E-state index contributed by atoms with van der Waals surface area (Å²) in [6.07, 6.45) is 1.02. The first-order valence-electron chi connectivity index (χ1n) is 7.32. The maximum atomic E-state index is 12.8. The molecule has 1 aromatic carbocycles. The van der Waals surface area contributed by atoms with Gasteiger partial charge in [-0.05, 0) is 38.6 Å². The highest BCUT2D eigenvalue weighted by molar-refractivity contribution is 7.21. The van der Waals surface area contributed by atoms with Crippen LogP contribution < -0.4 is 5.73 Å². The Morgan fingerprint density at radius 1 is 1.24 bits per heavy atom. The maximum absolute atomic E-state index is 12.8. The highest BCUT2D eigenvalue weighted by Gasteiger charge is 2.23. The van der Waals surface area contributed by atoms with Crippen molar-refractivity contribution in [1.82, 2.24) is 9.80 Å². The molecule has 0 unspecified atom stereocenters. The molecular weight excluding hydrogens is 282 g/mol. The third-order valence-corrected chi connectivity index (χ3v) is 5.24. The number of amides is 1. The van der Waals surface area contributed by atoms with E-state index in [0.29, 0.717) is 10.6 Å². The molecule has 3 rings (SSSR count). The molecule has 0 aliphatic carbocycles. The van der Waals surface area contributed by atoms with E-state index in [1.54, 1.807) is 0 Å². The predicted octanol–water partition coefficient (Wildman–Crippen LogP) is 2.57. The Morgan fingerprint density at radius 2 is 2.05 bits per heavy atom. The van der Waals surface area contributed by atoms with Crippen LogP contribution in [-0.2, 0) is 0 Å². The quantitative estimate of drug-likeness (QED) is 0.881. The van der Waals surface area contributed by atoms with Crippen LogP contribution in [0.2, 0.25) is 0 Å². The first-order chi connectivity index (χ1) is 10.1. The minimum atomic E-state index is 0.0849. The molecule has 2 aromatic rings. The molecule has 0 radical (unpaired) electrons. The van der Waals surface area contributed by atoms with E-state index in [-0.39, 0.29) is 5.91 Å². The number of aryl methyl sites for hydroxylation is 1. The summed E-state index contributed by atoms with van der Waals surface area (Å²) in [6.45, 7) is 5.62. The van der Waals surface area contributed by atoms with Crippen molar-refractivity contribution >= 4 is 33.0 Å². The van der Waals surface area contributed by atoms with Crippen LogP contribution in [0.5, 0.6) is 0 Å². The number of anilines is 1. The van der Waals surface area contributed by atoms with Crippen molar-refractivity contribution in [2.45, 2.75) is 13.3 Å². The van der Waals surface area contributed by atoms with Crippen molar-refractivity contribution in [2.75, 3.05) is 39.0 Å². The summed E-state index contributed by atoms with van der Waals surface area (Å²) in [5.74, 6) is 0.0849. The largest absolute Gasteiger partial charge is 0.397 e. The van der Waals surface area contributed by atoms with Crippen LogP contribution in [0.1, 0.15) is 21.7 Å². The summed E-state index contributed by atoms with van der Waals surface area (Å²) in [7, 11) is 2.10. The highest BCUT2D eigenvalue weighted by atomic mass is 32.1. The molecule has 112 valence electrons. The molecule has 1 saturated heterocycles.